The first-order valence-electron chi connectivity index (χ1n) is 13.5. The minimum absolute atomic E-state index is 0.0821. The molecule has 6 aliphatic rings. The summed E-state index contributed by atoms with van der Waals surface area (Å²) in [6.07, 6.45) is 8.87. The zero-order chi connectivity index (χ0) is 24.3. The summed E-state index contributed by atoms with van der Waals surface area (Å²) in [5.41, 5.74) is 1.98. The average molecular weight is 491 g/mol. The molecular weight excluding hydrogens is 456 g/mol. The molecular formula is C28H34N4O4. The highest BCUT2D eigenvalue weighted by molar-refractivity contribution is 5.82. The number of carbonyl (C=O) groups excluding carboxylic acids is 1. The molecule has 8 nitrogen and oxygen atoms in total. The molecule has 2 aromatic rings. The molecule has 8 heteroatoms. The number of para-hydroxylation sites is 2. The number of rotatable bonds is 5. The predicted molar refractivity (Wildman–Crippen MR) is 133 cm³/mol. The molecule has 0 radical (unpaired) electrons. The van der Waals surface area contributed by atoms with Crippen molar-refractivity contribution in [1.82, 2.24) is 14.9 Å². The number of amides is 1. The number of aromatic nitrogens is 2. The number of hydrogen-bond acceptors (Lipinski definition) is 7. The molecule has 0 spiro atoms. The molecule has 2 N–H and O–H groups in total. The normalized spacial score (nSPS) is 32.6. The number of carbonyl (C=O) groups is 1. The monoisotopic (exact) mass is 490 g/mol. The molecule has 8 rings (SSSR count). The second kappa shape index (κ2) is 8.61. The van der Waals surface area contributed by atoms with Crippen LogP contribution in [0.1, 0.15) is 49.8 Å². The Hall–Kier alpha value is -2.87. The molecule has 0 saturated heterocycles. The first kappa shape index (κ1) is 22.3. The number of anilines is 1. The Labute approximate surface area is 211 Å². The van der Waals surface area contributed by atoms with Crippen LogP contribution in [0.5, 0.6) is 11.5 Å². The zero-order valence-corrected chi connectivity index (χ0v) is 20.6. The van der Waals surface area contributed by atoms with E-state index in [9.17, 15) is 9.90 Å². The van der Waals surface area contributed by atoms with E-state index in [2.05, 4.69) is 15.3 Å². The minimum Gasteiger partial charge on any atom is -0.485 e. The number of ether oxygens (including phenoxy) is 2. The zero-order valence-electron chi connectivity index (χ0n) is 20.6. The minimum atomic E-state index is -0.656. The molecule has 2 aliphatic heterocycles. The van der Waals surface area contributed by atoms with Gasteiger partial charge in [0.05, 0.1) is 18.3 Å². The van der Waals surface area contributed by atoms with Gasteiger partial charge < -0.3 is 24.8 Å². The number of benzene rings is 1. The maximum absolute atomic E-state index is 13.2. The van der Waals surface area contributed by atoms with Crippen LogP contribution in [0, 0.1) is 23.2 Å². The van der Waals surface area contributed by atoms with Crippen molar-refractivity contribution >= 4 is 11.7 Å². The van der Waals surface area contributed by atoms with Crippen LogP contribution < -0.4 is 14.8 Å². The van der Waals surface area contributed by atoms with Gasteiger partial charge >= 0.3 is 0 Å². The molecule has 3 heterocycles. The first-order chi connectivity index (χ1) is 17.6. The van der Waals surface area contributed by atoms with Crippen molar-refractivity contribution in [2.75, 3.05) is 25.0 Å². The van der Waals surface area contributed by atoms with E-state index in [4.69, 9.17) is 9.47 Å². The maximum Gasteiger partial charge on any atom is 0.267 e. The lowest BCUT2D eigenvalue weighted by atomic mass is 9.48. The van der Waals surface area contributed by atoms with Crippen molar-refractivity contribution in [2.45, 2.75) is 63.7 Å². The van der Waals surface area contributed by atoms with E-state index in [1.54, 1.807) is 11.2 Å². The summed E-state index contributed by atoms with van der Waals surface area (Å²) in [6.45, 7) is 1.72. The lowest BCUT2D eigenvalue weighted by molar-refractivity contribution is -0.142. The lowest BCUT2D eigenvalue weighted by Gasteiger charge is -2.58. The fraction of sp³-hybridized carbons (Fsp3) is 0.607. The van der Waals surface area contributed by atoms with Gasteiger partial charge in [0.15, 0.2) is 11.5 Å². The lowest BCUT2D eigenvalue weighted by Crippen LogP contribution is -2.53. The summed E-state index contributed by atoms with van der Waals surface area (Å²) in [6, 6.07) is 7.43. The fourth-order valence-electron chi connectivity index (χ4n) is 8.04. The van der Waals surface area contributed by atoms with E-state index in [-0.39, 0.29) is 24.0 Å². The van der Waals surface area contributed by atoms with Crippen LogP contribution in [-0.4, -0.2) is 57.8 Å². The van der Waals surface area contributed by atoms with Gasteiger partial charge in [-0.25, -0.2) is 9.97 Å². The molecule has 36 heavy (non-hydrogen) atoms. The maximum atomic E-state index is 13.2. The van der Waals surface area contributed by atoms with Gasteiger partial charge in [-0.15, -0.1) is 0 Å². The molecule has 4 fully saturated rings. The van der Waals surface area contributed by atoms with Gasteiger partial charge in [0.1, 0.15) is 18.8 Å². The van der Waals surface area contributed by atoms with E-state index in [1.165, 1.54) is 38.5 Å². The number of aliphatic hydroxyl groups is 1. The van der Waals surface area contributed by atoms with Crippen molar-refractivity contribution < 1.29 is 19.4 Å². The molecule has 1 amide bonds. The van der Waals surface area contributed by atoms with E-state index >= 15 is 0 Å². The summed E-state index contributed by atoms with van der Waals surface area (Å²) < 4.78 is 11.7. The van der Waals surface area contributed by atoms with Gasteiger partial charge in [-0.3, -0.25) is 4.79 Å². The average Bonchev–Trinajstić information content (AvgIpc) is 2.90. The fourth-order valence-corrected chi connectivity index (χ4v) is 8.04. The molecule has 1 unspecified atom stereocenters. The predicted octanol–water partition coefficient (Wildman–Crippen LogP) is 3.19. The Balaban J connectivity index is 1.01. The standard InChI is InChI=1S/C28H34N4O4/c33-25(28-10-17-7-18(11-28)9-19(8-17)12-28)13-29-26-20-5-6-32(14-21(20)30-16-31-26)27(34)24-15-35-22-3-1-2-4-23(22)36-24/h1-4,16-19,24-25,33H,5-15H2,(H,29,30,31)/t17?,18?,19?,24-,25?,28?/m0/s1. The number of nitrogens with zero attached hydrogens (tertiary/aromatic N) is 3. The van der Waals surface area contributed by atoms with Crippen LogP contribution in [0.4, 0.5) is 5.82 Å². The molecule has 1 aromatic carbocycles. The topological polar surface area (TPSA) is 96.8 Å². The van der Waals surface area contributed by atoms with Crippen molar-refractivity contribution in [3.63, 3.8) is 0 Å². The van der Waals surface area contributed by atoms with Gasteiger partial charge in [-0.05, 0) is 80.2 Å². The Bertz CT molecular complexity index is 1130. The van der Waals surface area contributed by atoms with Crippen molar-refractivity contribution in [3.05, 3.63) is 41.9 Å². The molecule has 190 valence electrons. The van der Waals surface area contributed by atoms with E-state index < -0.39 is 6.10 Å². The Morgan fingerprint density at radius 2 is 1.83 bits per heavy atom. The van der Waals surface area contributed by atoms with Crippen LogP contribution in [0.25, 0.3) is 0 Å². The molecule has 4 saturated carbocycles. The van der Waals surface area contributed by atoms with Crippen LogP contribution >= 0.6 is 0 Å². The number of aliphatic hydroxyl groups excluding tert-OH is 1. The van der Waals surface area contributed by atoms with Crippen molar-refractivity contribution in [3.8, 4) is 11.5 Å². The Kier molecular flexibility index (Phi) is 5.34. The quantitative estimate of drug-likeness (QED) is 0.664. The van der Waals surface area contributed by atoms with Crippen LogP contribution in [-0.2, 0) is 17.8 Å². The van der Waals surface area contributed by atoms with Gasteiger partial charge in [-0.2, -0.15) is 0 Å². The van der Waals surface area contributed by atoms with E-state index in [1.807, 2.05) is 24.3 Å². The smallest absolute Gasteiger partial charge is 0.267 e. The van der Waals surface area contributed by atoms with Gasteiger partial charge in [0, 0.05) is 18.7 Å². The number of nitrogens with one attached hydrogen (secondary N) is 1. The van der Waals surface area contributed by atoms with Crippen molar-refractivity contribution in [1.29, 1.82) is 0 Å². The van der Waals surface area contributed by atoms with E-state index in [0.717, 1.165) is 34.8 Å². The third-order valence-corrected chi connectivity index (χ3v) is 9.36. The van der Waals surface area contributed by atoms with Gasteiger partial charge in [0.25, 0.3) is 5.91 Å². The highest BCUT2D eigenvalue weighted by Gasteiger charge is 2.53. The van der Waals surface area contributed by atoms with Crippen LogP contribution in [0.15, 0.2) is 30.6 Å². The largest absolute Gasteiger partial charge is 0.485 e. The SMILES string of the molecule is O=C([C@@H]1COc2ccccc2O1)N1CCc2c(ncnc2NCC(O)C23CC4CC(CC(C4)C2)C3)C1. The molecule has 4 aliphatic carbocycles. The molecule has 2 atom stereocenters. The summed E-state index contributed by atoms with van der Waals surface area (Å²) in [4.78, 5) is 24.0. The Morgan fingerprint density at radius 3 is 2.58 bits per heavy atom. The Morgan fingerprint density at radius 1 is 1.11 bits per heavy atom. The van der Waals surface area contributed by atoms with Gasteiger partial charge in [-0.1, -0.05) is 12.1 Å². The highest BCUT2D eigenvalue weighted by atomic mass is 16.6. The third-order valence-electron chi connectivity index (χ3n) is 9.36. The third kappa shape index (κ3) is 3.81. The summed E-state index contributed by atoms with van der Waals surface area (Å²) >= 11 is 0. The second-order valence-electron chi connectivity index (χ2n) is 11.7. The van der Waals surface area contributed by atoms with E-state index in [0.29, 0.717) is 37.6 Å². The summed E-state index contributed by atoms with van der Waals surface area (Å²) in [5.74, 6) is 4.42. The second-order valence-corrected chi connectivity index (χ2v) is 11.7. The van der Waals surface area contributed by atoms with Crippen LogP contribution in [0.3, 0.4) is 0 Å². The first-order valence-corrected chi connectivity index (χ1v) is 13.5. The highest BCUT2D eigenvalue weighted by Crippen LogP contribution is 2.61. The summed E-state index contributed by atoms with van der Waals surface area (Å²) in [5, 5.41) is 14.8. The number of fused-ring (bicyclic) bond motifs is 2. The van der Waals surface area contributed by atoms with Crippen molar-refractivity contribution in [2.24, 2.45) is 23.2 Å². The number of hydrogen-bond donors (Lipinski definition) is 2. The molecule has 1 aromatic heterocycles. The van der Waals surface area contributed by atoms with Crippen LogP contribution in [0.2, 0.25) is 0 Å². The van der Waals surface area contributed by atoms with Gasteiger partial charge in [0.2, 0.25) is 6.10 Å². The molecule has 4 bridgehead atoms. The summed E-state index contributed by atoms with van der Waals surface area (Å²) in [7, 11) is 0.